The van der Waals surface area contributed by atoms with Gasteiger partial charge in [-0.15, -0.1) is 0 Å². The maximum atomic E-state index is 10.6. The molecule has 70 valence electrons. The van der Waals surface area contributed by atoms with Crippen molar-refractivity contribution in [2.24, 2.45) is 0 Å². The van der Waals surface area contributed by atoms with Crippen LogP contribution in [0.3, 0.4) is 0 Å². The summed E-state index contributed by atoms with van der Waals surface area (Å²) in [5, 5.41) is 15.4. The summed E-state index contributed by atoms with van der Waals surface area (Å²) < 4.78 is 0. The lowest BCUT2D eigenvalue weighted by Gasteiger charge is -1.97. The van der Waals surface area contributed by atoms with Crippen molar-refractivity contribution >= 4 is 5.97 Å². The molecule has 0 radical (unpaired) electrons. The number of benzene rings is 1. The molecule has 0 atom stereocenters. The molecule has 2 N–H and O–H groups in total. The summed E-state index contributed by atoms with van der Waals surface area (Å²) in [4.78, 5) is 10.6. The summed E-state index contributed by atoms with van der Waals surface area (Å²) >= 11 is 0. The zero-order valence-electron chi connectivity index (χ0n) is 7.27. The van der Waals surface area contributed by atoms with E-state index in [4.69, 9.17) is 5.11 Å². The zero-order chi connectivity index (χ0) is 9.97. The second-order valence-corrected chi connectivity index (χ2v) is 2.84. The molecule has 0 bridgehead atoms. The molecule has 2 aromatic rings. The zero-order valence-corrected chi connectivity index (χ0v) is 7.27. The molecule has 0 saturated carbocycles. The molecular formula is C10H8N2O2. The highest BCUT2D eigenvalue weighted by molar-refractivity contribution is 5.88. The molecule has 0 fully saturated rings. The average Bonchev–Trinajstić information content (AvgIpc) is 2.71. The minimum atomic E-state index is -0.918. The van der Waals surface area contributed by atoms with Crippen molar-refractivity contribution in [2.45, 2.75) is 0 Å². The third-order valence-electron chi connectivity index (χ3n) is 1.93. The molecule has 2 rings (SSSR count). The van der Waals surface area contributed by atoms with Crippen LogP contribution in [0.15, 0.2) is 36.5 Å². The van der Waals surface area contributed by atoms with E-state index in [1.165, 1.54) is 0 Å². The first-order valence-electron chi connectivity index (χ1n) is 4.11. The third-order valence-corrected chi connectivity index (χ3v) is 1.93. The molecule has 0 spiro atoms. The molecule has 1 aromatic heterocycles. The van der Waals surface area contributed by atoms with E-state index in [-0.39, 0.29) is 5.56 Å². The lowest BCUT2D eigenvalue weighted by Crippen LogP contribution is -1.94. The number of hydrogen-bond acceptors (Lipinski definition) is 2. The first kappa shape index (κ1) is 8.50. The summed E-state index contributed by atoms with van der Waals surface area (Å²) in [7, 11) is 0. The van der Waals surface area contributed by atoms with Crippen LogP contribution in [0.4, 0.5) is 0 Å². The fourth-order valence-electron chi connectivity index (χ4n) is 1.20. The number of nitrogens with zero attached hydrogens (tertiary/aromatic N) is 1. The number of rotatable bonds is 2. The van der Waals surface area contributed by atoms with E-state index < -0.39 is 5.97 Å². The first-order valence-corrected chi connectivity index (χ1v) is 4.11. The van der Waals surface area contributed by atoms with Crippen LogP contribution in [0.2, 0.25) is 0 Å². The Morgan fingerprint density at radius 1 is 1.21 bits per heavy atom. The van der Waals surface area contributed by atoms with Crippen molar-refractivity contribution in [1.29, 1.82) is 0 Å². The van der Waals surface area contributed by atoms with Gasteiger partial charge in [-0.1, -0.05) is 12.1 Å². The Kier molecular flexibility index (Phi) is 2.02. The van der Waals surface area contributed by atoms with E-state index in [0.717, 1.165) is 11.3 Å². The molecule has 4 heteroatoms. The maximum absolute atomic E-state index is 10.6. The normalized spacial score (nSPS) is 10.0. The fraction of sp³-hybridized carbons (Fsp3) is 0. The average molecular weight is 188 g/mol. The fourth-order valence-corrected chi connectivity index (χ4v) is 1.20. The van der Waals surface area contributed by atoms with Crippen LogP contribution in [0, 0.1) is 0 Å². The molecule has 0 aliphatic carbocycles. The molecule has 1 heterocycles. The number of carboxylic acid groups (broad SMARTS) is 1. The number of aromatic nitrogens is 2. The van der Waals surface area contributed by atoms with Crippen LogP contribution in [0.1, 0.15) is 10.4 Å². The predicted molar refractivity (Wildman–Crippen MR) is 51.0 cm³/mol. The molecule has 0 saturated heterocycles. The standard InChI is InChI=1S/C10H8N2O2/c13-10(14)8-3-1-7(2-4-8)9-5-6-11-12-9/h1-6H,(H,11,12)(H,13,14). The van der Waals surface area contributed by atoms with Gasteiger partial charge in [-0.2, -0.15) is 5.10 Å². The van der Waals surface area contributed by atoms with Gasteiger partial charge in [0.25, 0.3) is 0 Å². The number of carboxylic acids is 1. The van der Waals surface area contributed by atoms with Gasteiger partial charge in [0.2, 0.25) is 0 Å². The molecule has 4 nitrogen and oxygen atoms in total. The van der Waals surface area contributed by atoms with E-state index in [2.05, 4.69) is 10.2 Å². The van der Waals surface area contributed by atoms with Gasteiger partial charge in [-0.05, 0) is 18.2 Å². The lowest BCUT2D eigenvalue weighted by molar-refractivity contribution is 0.0697. The second-order valence-electron chi connectivity index (χ2n) is 2.84. The Morgan fingerprint density at radius 3 is 2.43 bits per heavy atom. The second kappa shape index (κ2) is 3.33. The first-order chi connectivity index (χ1) is 6.77. The predicted octanol–water partition coefficient (Wildman–Crippen LogP) is 1.77. The summed E-state index contributed by atoms with van der Waals surface area (Å²) in [5.41, 5.74) is 1.99. The van der Waals surface area contributed by atoms with Crippen LogP contribution >= 0.6 is 0 Å². The number of nitrogens with one attached hydrogen (secondary N) is 1. The Bertz CT molecular complexity index is 432. The highest BCUT2D eigenvalue weighted by Gasteiger charge is 2.03. The molecule has 1 aromatic carbocycles. The van der Waals surface area contributed by atoms with Crippen LogP contribution in [-0.2, 0) is 0 Å². The van der Waals surface area contributed by atoms with Gasteiger partial charge < -0.3 is 5.11 Å². The molecule has 0 amide bonds. The van der Waals surface area contributed by atoms with E-state index in [9.17, 15) is 4.79 Å². The van der Waals surface area contributed by atoms with Crippen molar-refractivity contribution in [3.8, 4) is 11.3 Å². The van der Waals surface area contributed by atoms with Crippen LogP contribution in [-0.4, -0.2) is 21.3 Å². The highest BCUT2D eigenvalue weighted by Crippen LogP contribution is 2.16. The summed E-state index contributed by atoms with van der Waals surface area (Å²) in [6.45, 7) is 0. The van der Waals surface area contributed by atoms with E-state index in [1.807, 2.05) is 6.07 Å². The molecule has 0 unspecified atom stereocenters. The molecule has 0 aliphatic rings. The van der Waals surface area contributed by atoms with Gasteiger partial charge in [-0.3, -0.25) is 5.10 Å². The van der Waals surface area contributed by atoms with Gasteiger partial charge in [0.15, 0.2) is 0 Å². The van der Waals surface area contributed by atoms with Crippen molar-refractivity contribution in [3.05, 3.63) is 42.1 Å². The Hall–Kier alpha value is -2.10. The SMILES string of the molecule is O=C(O)c1ccc(-c2cc[nH]n2)cc1. The number of aromatic amines is 1. The smallest absolute Gasteiger partial charge is 0.335 e. The monoisotopic (exact) mass is 188 g/mol. The Labute approximate surface area is 80.2 Å². The summed E-state index contributed by atoms with van der Waals surface area (Å²) in [6, 6.07) is 8.42. The quantitative estimate of drug-likeness (QED) is 0.754. The van der Waals surface area contributed by atoms with Crippen molar-refractivity contribution in [1.82, 2.24) is 10.2 Å². The van der Waals surface area contributed by atoms with Gasteiger partial charge in [0.05, 0.1) is 11.3 Å². The Morgan fingerprint density at radius 2 is 1.93 bits per heavy atom. The lowest BCUT2D eigenvalue weighted by atomic mass is 10.1. The number of H-pyrrole nitrogens is 1. The molecular weight excluding hydrogens is 180 g/mol. The maximum Gasteiger partial charge on any atom is 0.335 e. The van der Waals surface area contributed by atoms with Crippen molar-refractivity contribution < 1.29 is 9.90 Å². The van der Waals surface area contributed by atoms with Gasteiger partial charge in [0, 0.05) is 11.8 Å². The highest BCUT2D eigenvalue weighted by atomic mass is 16.4. The van der Waals surface area contributed by atoms with Crippen LogP contribution in [0.5, 0.6) is 0 Å². The Balaban J connectivity index is 2.36. The van der Waals surface area contributed by atoms with E-state index >= 15 is 0 Å². The van der Waals surface area contributed by atoms with Gasteiger partial charge in [0.1, 0.15) is 0 Å². The molecule has 0 aliphatic heterocycles. The summed E-state index contributed by atoms with van der Waals surface area (Å²) in [6.07, 6.45) is 1.72. The number of hydrogen-bond donors (Lipinski definition) is 2. The summed E-state index contributed by atoms with van der Waals surface area (Å²) in [5.74, 6) is -0.918. The topological polar surface area (TPSA) is 66.0 Å². The minimum Gasteiger partial charge on any atom is -0.478 e. The number of carbonyl (C=O) groups is 1. The third kappa shape index (κ3) is 1.50. The van der Waals surface area contributed by atoms with Crippen LogP contribution < -0.4 is 0 Å². The van der Waals surface area contributed by atoms with Crippen LogP contribution in [0.25, 0.3) is 11.3 Å². The van der Waals surface area contributed by atoms with E-state index in [0.29, 0.717) is 0 Å². The van der Waals surface area contributed by atoms with Gasteiger partial charge in [-0.25, -0.2) is 4.79 Å². The largest absolute Gasteiger partial charge is 0.478 e. The number of aromatic carboxylic acids is 1. The van der Waals surface area contributed by atoms with Crippen molar-refractivity contribution in [2.75, 3.05) is 0 Å². The van der Waals surface area contributed by atoms with Crippen molar-refractivity contribution in [3.63, 3.8) is 0 Å². The molecule has 14 heavy (non-hydrogen) atoms. The van der Waals surface area contributed by atoms with Gasteiger partial charge >= 0.3 is 5.97 Å². The van der Waals surface area contributed by atoms with E-state index in [1.54, 1.807) is 30.5 Å². The minimum absolute atomic E-state index is 0.282.